The molecule has 20 heavy (non-hydrogen) atoms. The quantitative estimate of drug-likeness (QED) is 0.474. The van der Waals surface area contributed by atoms with E-state index in [-0.39, 0.29) is 11.7 Å². The average molecular weight is 290 g/mol. The number of aromatic nitrogens is 4. The maximum absolute atomic E-state index is 12.3. The summed E-state index contributed by atoms with van der Waals surface area (Å²) >= 11 is 0. The van der Waals surface area contributed by atoms with Crippen molar-refractivity contribution >= 4 is 39.5 Å². The van der Waals surface area contributed by atoms with Crippen molar-refractivity contribution in [3.63, 3.8) is 0 Å². The zero-order chi connectivity index (χ0) is 15.5. The van der Waals surface area contributed by atoms with Crippen LogP contribution >= 0.6 is 9.12 Å². The van der Waals surface area contributed by atoms with Crippen molar-refractivity contribution in [1.29, 1.82) is 0 Å². The SMILES string of the molecule is CC(=O)C(C)(C)C(=O)n1cnc2c(C)ncnc21.[B]P. The highest BCUT2D eigenvalue weighted by atomic mass is 31.0. The normalized spacial score (nSPS) is 10.8. The van der Waals surface area contributed by atoms with Gasteiger partial charge in [-0.15, -0.1) is 0 Å². The smallest absolute Gasteiger partial charge is 0.246 e. The van der Waals surface area contributed by atoms with Crippen LogP contribution in [0.1, 0.15) is 31.3 Å². The van der Waals surface area contributed by atoms with E-state index >= 15 is 0 Å². The number of Topliss-reactive ketones (excluding diaryl/α,β-unsaturated/α-hetero) is 1. The molecule has 2 aromatic heterocycles. The lowest BCUT2D eigenvalue weighted by Gasteiger charge is -2.19. The van der Waals surface area contributed by atoms with E-state index in [2.05, 4.69) is 22.5 Å². The average Bonchev–Trinajstić information content (AvgIpc) is 2.85. The molecular formula is C12H16BN4O2P. The van der Waals surface area contributed by atoms with Gasteiger partial charge in [-0.05, 0) is 27.7 Å². The number of fused-ring (bicyclic) bond motifs is 1. The van der Waals surface area contributed by atoms with Gasteiger partial charge in [0.05, 0.1) is 13.3 Å². The first-order valence-corrected chi connectivity index (χ1v) is 6.56. The van der Waals surface area contributed by atoms with Crippen LogP contribution in [-0.2, 0) is 4.79 Å². The number of carbonyl (C=O) groups excluding carboxylic acids is 2. The van der Waals surface area contributed by atoms with Gasteiger partial charge in [-0.1, -0.05) is 0 Å². The Balaban J connectivity index is 0.000000956. The molecule has 104 valence electrons. The molecule has 2 heterocycles. The van der Waals surface area contributed by atoms with Crippen LogP contribution in [0.2, 0.25) is 0 Å². The summed E-state index contributed by atoms with van der Waals surface area (Å²) in [7, 11) is 6.33. The Labute approximate surface area is 121 Å². The summed E-state index contributed by atoms with van der Waals surface area (Å²) in [5, 5.41) is 0. The minimum atomic E-state index is -1.09. The number of imidazole rings is 1. The summed E-state index contributed by atoms with van der Waals surface area (Å²) in [6.07, 6.45) is 2.77. The van der Waals surface area contributed by atoms with Crippen LogP contribution in [0.25, 0.3) is 11.2 Å². The third-order valence-corrected chi connectivity index (χ3v) is 3.15. The van der Waals surface area contributed by atoms with Gasteiger partial charge in [0.25, 0.3) is 0 Å². The van der Waals surface area contributed by atoms with Gasteiger partial charge in [-0.25, -0.2) is 15.0 Å². The number of aryl methyl sites for hydroxylation is 1. The summed E-state index contributed by atoms with van der Waals surface area (Å²) in [5.74, 6) is -0.532. The Morgan fingerprint density at radius 3 is 2.40 bits per heavy atom. The van der Waals surface area contributed by atoms with Crippen molar-refractivity contribution in [2.45, 2.75) is 27.7 Å². The van der Waals surface area contributed by atoms with Gasteiger partial charge in [-0.2, -0.15) is 9.12 Å². The van der Waals surface area contributed by atoms with Crippen molar-refractivity contribution in [2.24, 2.45) is 5.41 Å². The van der Waals surface area contributed by atoms with Crippen LogP contribution in [-0.4, -0.2) is 38.8 Å². The molecule has 0 aliphatic carbocycles. The summed E-state index contributed by atoms with van der Waals surface area (Å²) in [5.41, 5.74) is 0.617. The van der Waals surface area contributed by atoms with Gasteiger partial charge in [0.1, 0.15) is 29.4 Å². The highest BCUT2D eigenvalue weighted by molar-refractivity contribution is 7.49. The zero-order valence-corrected chi connectivity index (χ0v) is 13.1. The molecule has 1 atom stereocenters. The Morgan fingerprint density at radius 1 is 1.25 bits per heavy atom. The third-order valence-electron chi connectivity index (χ3n) is 3.15. The Bertz CT molecular complexity index is 654. The van der Waals surface area contributed by atoms with E-state index in [1.165, 1.54) is 24.1 Å². The van der Waals surface area contributed by atoms with E-state index in [1.807, 2.05) is 9.12 Å². The zero-order valence-electron chi connectivity index (χ0n) is 11.9. The van der Waals surface area contributed by atoms with Crippen LogP contribution in [0, 0.1) is 12.3 Å². The molecule has 0 aliphatic heterocycles. The first-order valence-electron chi connectivity index (χ1n) is 5.89. The molecule has 0 bridgehead atoms. The van der Waals surface area contributed by atoms with E-state index in [9.17, 15) is 9.59 Å². The standard InChI is InChI=1S/C12H14N4O2.BH2P/c1-7-9-10(14-5-13-7)16(6-15-9)11(18)12(3,4)8(2)17;1-2/h5-6H,1-4H3;2H2. The van der Waals surface area contributed by atoms with Gasteiger partial charge >= 0.3 is 0 Å². The van der Waals surface area contributed by atoms with E-state index in [1.54, 1.807) is 20.8 Å². The number of hydrogen-bond donors (Lipinski definition) is 0. The maximum atomic E-state index is 12.3. The highest BCUT2D eigenvalue weighted by Crippen LogP contribution is 2.22. The lowest BCUT2D eigenvalue weighted by atomic mass is 9.88. The molecule has 0 aliphatic rings. The summed E-state index contributed by atoms with van der Waals surface area (Å²) < 4.78 is 1.31. The van der Waals surface area contributed by atoms with Gasteiger partial charge in [0, 0.05) is 0 Å². The van der Waals surface area contributed by atoms with E-state index in [0.29, 0.717) is 16.9 Å². The summed E-state index contributed by atoms with van der Waals surface area (Å²) in [6, 6.07) is 0. The molecule has 0 amide bonds. The van der Waals surface area contributed by atoms with Crippen LogP contribution in [0.5, 0.6) is 0 Å². The molecule has 0 N–H and O–H groups in total. The molecular weight excluding hydrogens is 274 g/mol. The fraction of sp³-hybridized carbons (Fsp3) is 0.417. The third kappa shape index (κ3) is 2.77. The molecule has 0 saturated heterocycles. The maximum Gasteiger partial charge on any atom is 0.246 e. The first kappa shape index (κ1) is 16.4. The highest BCUT2D eigenvalue weighted by Gasteiger charge is 2.35. The lowest BCUT2D eigenvalue weighted by Crippen LogP contribution is -2.35. The van der Waals surface area contributed by atoms with Crippen molar-refractivity contribution in [1.82, 2.24) is 19.5 Å². The van der Waals surface area contributed by atoms with Crippen molar-refractivity contribution < 1.29 is 9.59 Å². The molecule has 1 unspecified atom stereocenters. The molecule has 6 nitrogen and oxygen atoms in total. The molecule has 0 saturated carbocycles. The Morgan fingerprint density at radius 2 is 1.85 bits per heavy atom. The number of rotatable bonds is 2. The predicted molar refractivity (Wildman–Crippen MR) is 80.6 cm³/mol. The van der Waals surface area contributed by atoms with Gasteiger partial charge in [0.15, 0.2) is 5.65 Å². The van der Waals surface area contributed by atoms with E-state index in [4.69, 9.17) is 0 Å². The predicted octanol–water partition coefficient (Wildman–Crippen LogP) is 1.34. The molecule has 2 radical (unpaired) electrons. The van der Waals surface area contributed by atoms with E-state index < -0.39 is 5.41 Å². The first-order chi connectivity index (χ1) is 9.35. The fourth-order valence-corrected chi connectivity index (χ4v) is 1.55. The minimum absolute atomic E-state index is 0.194. The second kappa shape index (κ2) is 6.22. The second-order valence-corrected chi connectivity index (χ2v) is 4.73. The lowest BCUT2D eigenvalue weighted by molar-refractivity contribution is -0.122. The molecule has 2 aromatic rings. The minimum Gasteiger partial charge on any atom is -0.299 e. The fourth-order valence-electron chi connectivity index (χ4n) is 1.55. The Hall–Kier alpha value is -1.62. The van der Waals surface area contributed by atoms with Crippen LogP contribution in [0.15, 0.2) is 12.7 Å². The van der Waals surface area contributed by atoms with Crippen molar-refractivity contribution in [3.8, 4) is 0 Å². The second-order valence-electron chi connectivity index (χ2n) is 4.73. The largest absolute Gasteiger partial charge is 0.299 e. The van der Waals surface area contributed by atoms with Gasteiger partial charge < -0.3 is 0 Å². The van der Waals surface area contributed by atoms with Crippen LogP contribution < -0.4 is 0 Å². The van der Waals surface area contributed by atoms with Crippen LogP contribution in [0.3, 0.4) is 0 Å². The summed E-state index contributed by atoms with van der Waals surface area (Å²) in [4.78, 5) is 36.0. The molecule has 2 rings (SSSR count). The Kier molecular flexibility index (Phi) is 5.12. The molecule has 0 fully saturated rings. The van der Waals surface area contributed by atoms with Crippen molar-refractivity contribution in [3.05, 3.63) is 18.3 Å². The van der Waals surface area contributed by atoms with Crippen LogP contribution in [0.4, 0.5) is 0 Å². The molecule has 0 aromatic carbocycles. The van der Waals surface area contributed by atoms with E-state index in [0.717, 1.165) is 0 Å². The molecule has 0 spiro atoms. The number of nitrogens with zero attached hydrogens (tertiary/aromatic N) is 4. The van der Waals surface area contributed by atoms with Gasteiger partial charge in [-0.3, -0.25) is 14.2 Å². The molecule has 8 heteroatoms. The number of ketones is 1. The number of carbonyl (C=O) groups is 2. The number of hydrogen-bond acceptors (Lipinski definition) is 5. The monoisotopic (exact) mass is 290 g/mol. The van der Waals surface area contributed by atoms with Crippen molar-refractivity contribution in [2.75, 3.05) is 0 Å². The van der Waals surface area contributed by atoms with Gasteiger partial charge in [0.2, 0.25) is 5.91 Å². The summed E-state index contributed by atoms with van der Waals surface area (Å²) in [6.45, 7) is 6.38. The topological polar surface area (TPSA) is 77.7 Å².